The van der Waals surface area contributed by atoms with Crippen molar-refractivity contribution in [3.63, 3.8) is 0 Å². The van der Waals surface area contributed by atoms with Crippen LogP contribution in [0.3, 0.4) is 0 Å². The lowest BCUT2D eigenvalue weighted by Crippen LogP contribution is -2.55. The fourth-order valence-corrected chi connectivity index (χ4v) is 8.68. The minimum Gasteiger partial charge on any atom is -0.395 e. The Hall–Kier alpha value is -2.58. The van der Waals surface area contributed by atoms with Crippen LogP contribution in [0.15, 0.2) is 55.6 Å². The Balaban J connectivity index is 1.69. The van der Waals surface area contributed by atoms with E-state index in [1.807, 2.05) is 30.3 Å². The molecule has 200 valence electrons. The molecule has 2 unspecified atom stereocenters. The molecule has 37 heavy (non-hydrogen) atoms. The maximum atomic E-state index is 14.1. The number of aliphatic hydroxyl groups excluding tert-OH is 1. The Labute approximate surface area is 224 Å². The lowest BCUT2D eigenvalue weighted by molar-refractivity contribution is -0.143. The lowest BCUT2D eigenvalue weighted by atomic mass is 9.70. The topological polar surface area (TPSA) is 81.2 Å². The third-order valence-electron chi connectivity index (χ3n) is 8.00. The molecular formula is C29H39N3O4S. The van der Waals surface area contributed by atoms with Crippen LogP contribution in [-0.4, -0.2) is 81.5 Å². The predicted octanol–water partition coefficient (Wildman–Crippen LogP) is 3.49. The molecule has 0 aliphatic carbocycles. The second-order valence-electron chi connectivity index (χ2n) is 10.2. The first-order valence-corrected chi connectivity index (χ1v) is 14.3. The fourth-order valence-electron chi connectivity index (χ4n) is 6.47. The summed E-state index contributed by atoms with van der Waals surface area (Å²) in [5.41, 5.74) is 0.771. The Morgan fingerprint density at radius 1 is 1.16 bits per heavy atom. The molecule has 1 aromatic rings. The summed E-state index contributed by atoms with van der Waals surface area (Å²) in [4.78, 5) is 47.2. The van der Waals surface area contributed by atoms with Crippen molar-refractivity contribution < 1.29 is 19.5 Å². The molecule has 3 heterocycles. The molecule has 4 rings (SSSR count). The van der Waals surface area contributed by atoms with Gasteiger partial charge in [-0.05, 0) is 31.4 Å². The van der Waals surface area contributed by atoms with Gasteiger partial charge in [0.05, 0.1) is 23.2 Å². The van der Waals surface area contributed by atoms with Crippen molar-refractivity contribution >= 4 is 35.2 Å². The third-order valence-corrected chi connectivity index (χ3v) is 9.95. The van der Waals surface area contributed by atoms with Gasteiger partial charge in [-0.15, -0.1) is 24.9 Å². The molecule has 5 atom stereocenters. The van der Waals surface area contributed by atoms with Gasteiger partial charge in [0.1, 0.15) is 6.04 Å². The number of likely N-dealkylation sites (tertiary alicyclic amines) is 1. The van der Waals surface area contributed by atoms with E-state index in [9.17, 15) is 19.5 Å². The van der Waals surface area contributed by atoms with Crippen molar-refractivity contribution in [2.75, 3.05) is 37.7 Å². The zero-order valence-electron chi connectivity index (χ0n) is 21.8. The second-order valence-corrected chi connectivity index (χ2v) is 11.8. The van der Waals surface area contributed by atoms with Crippen molar-refractivity contribution in [3.05, 3.63) is 55.6 Å². The van der Waals surface area contributed by atoms with Crippen LogP contribution >= 0.6 is 11.8 Å². The Bertz CT molecular complexity index is 1020. The summed E-state index contributed by atoms with van der Waals surface area (Å²) >= 11 is 1.66. The summed E-state index contributed by atoms with van der Waals surface area (Å²) in [6, 6.07) is 8.78. The minimum atomic E-state index is -0.684. The number of anilines is 1. The second kappa shape index (κ2) is 11.9. The molecule has 3 fully saturated rings. The van der Waals surface area contributed by atoms with E-state index in [0.717, 1.165) is 31.4 Å². The number of unbranched alkanes of at least 4 members (excludes halogenated alkanes) is 2. The number of aliphatic hydroxyl groups is 1. The molecule has 3 saturated heterocycles. The van der Waals surface area contributed by atoms with Crippen LogP contribution in [0.4, 0.5) is 5.69 Å². The highest BCUT2D eigenvalue weighted by atomic mass is 32.2. The maximum absolute atomic E-state index is 14.1. The molecule has 3 aliphatic rings. The number of hydrogen-bond acceptors (Lipinski definition) is 5. The molecule has 3 aliphatic heterocycles. The van der Waals surface area contributed by atoms with E-state index < -0.39 is 22.6 Å². The summed E-state index contributed by atoms with van der Waals surface area (Å²) in [6.07, 6.45) is 7.88. The molecule has 1 aromatic carbocycles. The summed E-state index contributed by atoms with van der Waals surface area (Å²) < 4.78 is -0.658. The molecule has 0 aromatic heterocycles. The molecule has 2 bridgehead atoms. The fraction of sp³-hybridized carbons (Fsp3) is 0.552. The molecule has 0 radical (unpaired) electrons. The van der Waals surface area contributed by atoms with Crippen LogP contribution < -0.4 is 4.90 Å². The number of thioether (sulfide) groups is 1. The number of amides is 3. The number of hydrogen-bond donors (Lipinski definition) is 1. The number of carbonyl (C=O) groups excluding carboxylic acids is 3. The molecular weight excluding hydrogens is 486 g/mol. The highest BCUT2D eigenvalue weighted by Crippen LogP contribution is 2.66. The van der Waals surface area contributed by atoms with Crippen molar-refractivity contribution in [1.82, 2.24) is 9.80 Å². The van der Waals surface area contributed by atoms with E-state index in [2.05, 4.69) is 20.1 Å². The van der Waals surface area contributed by atoms with Crippen molar-refractivity contribution in [2.24, 2.45) is 11.8 Å². The smallest absolute Gasteiger partial charge is 0.247 e. The number of benzene rings is 1. The normalized spacial score (nSPS) is 27.7. The van der Waals surface area contributed by atoms with Crippen molar-refractivity contribution in [3.8, 4) is 0 Å². The lowest BCUT2D eigenvalue weighted by Gasteiger charge is -2.37. The number of rotatable bonds is 13. The van der Waals surface area contributed by atoms with Gasteiger partial charge < -0.3 is 19.8 Å². The predicted molar refractivity (Wildman–Crippen MR) is 148 cm³/mol. The first-order valence-electron chi connectivity index (χ1n) is 13.4. The van der Waals surface area contributed by atoms with E-state index in [1.54, 1.807) is 38.6 Å². The molecule has 7 nitrogen and oxygen atoms in total. The number of β-amino-alcohol motifs (C(OH)–C–C–N with tert-alkyl or cyclic N) is 1. The SMILES string of the molecule is C=CCN(CCCCC)C(=O)C1N(CCO)C(=O)[C@@H]2[C@@H](C(=O)N(CC=C)c3ccccc3)[C@H]3CCC12S3. The number of fused-ring (bicyclic) bond motifs is 1. The molecule has 0 saturated carbocycles. The highest BCUT2D eigenvalue weighted by Gasteiger charge is 2.74. The maximum Gasteiger partial charge on any atom is 0.247 e. The van der Waals surface area contributed by atoms with Gasteiger partial charge in [-0.2, -0.15) is 0 Å². The quantitative estimate of drug-likeness (QED) is 0.315. The minimum absolute atomic E-state index is 0.0167. The van der Waals surface area contributed by atoms with Crippen LogP contribution in [-0.2, 0) is 14.4 Å². The molecule has 3 amide bonds. The first kappa shape index (κ1) is 27.5. The Kier molecular flexibility index (Phi) is 8.80. The average molecular weight is 526 g/mol. The number of nitrogens with zero attached hydrogens (tertiary/aromatic N) is 3. The molecule has 8 heteroatoms. The van der Waals surface area contributed by atoms with Crippen LogP contribution in [0, 0.1) is 11.8 Å². The summed E-state index contributed by atoms with van der Waals surface area (Å²) in [5, 5.41) is 9.83. The molecule has 1 spiro atoms. The van der Waals surface area contributed by atoms with Gasteiger partial charge in [-0.1, -0.05) is 50.1 Å². The standard InChI is InChI=1S/C29H39N3O4S/c1-4-7-11-18-30(16-5-2)28(36)25-29-15-14-22(37-29)23(24(29)27(35)32(25)19-20-33)26(34)31(17-6-3)21-12-9-8-10-13-21/h5-6,8-10,12-13,22-25,33H,2-4,7,11,14-20H2,1H3/t22-,23+,24+,25?,29?/m1/s1. The first-order chi connectivity index (χ1) is 17.9. The van der Waals surface area contributed by atoms with Crippen LogP contribution in [0.5, 0.6) is 0 Å². The van der Waals surface area contributed by atoms with Gasteiger partial charge in [-0.3, -0.25) is 14.4 Å². The van der Waals surface area contributed by atoms with Crippen molar-refractivity contribution in [1.29, 1.82) is 0 Å². The van der Waals surface area contributed by atoms with E-state index in [-0.39, 0.29) is 36.1 Å². The van der Waals surface area contributed by atoms with Crippen LogP contribution in [0.25, 0.3) is 0 Å². The Morgan fingerprint density at radius 3 is 2.54 bits per heavy atom. The van der Waals surface area contributed by atoms with Gasteiger partial charge in [0.2, 0.25) is 17.7 Å². The third kappa shape index (κ3) is 4.86. The number of para-hydroxylation sites is 1. The van der Waals surface area contributed by atoms with Gasteiger partial charge in [0, 0.05) is 37.1 Å². The molecule has 1 N–H and O–H groups in total. The van der Waals surface area contributed by atoms with Gasteiger partial charge >= 0.3 is 0 Å². The van der Waals surface area contributed by atoms with E-state index >= 15 is 0 Å². The average Bonchev–Trinajstić information content (AvgIpc) is 3.54. The Morgan fingerprint density at radius 2 is 1.89 bits per heavy atom. The number of carbonyl (C=O) groups is 3. The van der Waals surface area contributed by atoms with E-state index in [0.29, 0.717) is 26.1 Å². The summed E-state index contributed by atoms with van der Waals surface area (Å²) in [7, 11) is 0. The van der Waals surface area contributed by atoms with Gasteiger partial charge in [-0.25, -0.2) is 0 Å². The van der Waals surface area contributed by atoms with Gasteiger partial charge in [0.25, 0.3) is 0 Å². The van der Waals surface area contributed by atoms with Crippen LogP contribution in [0.2, 0.25) is 0 Å². The van der Waals surface area contributed by atoms with Gasteiger partial charge in [0.15, 0.2) is 0 Å². The highest BCUT2D eigenvalue weighted by molar-refractivity contribution is 8.02. The van der Waals surface area contributed by atoms with E-state index in [1.165, 1.54) is 0 Å². The summed E-state index contributed by atoms with van der Waals surface area (Å²) in [5.74, 6) is -1.46. The zero-order chi connectivity index (χ0) is 26.6. The largest absolute Gasteiger partial charge is 0.395 e. The van der Waals surface area contributed by atoms with Crippen LogP contribution in [0.1, 0.15) is 39.0 Å². The van der Waals surface area contributed by atoms with E-state index in [4.69, 9.17) is 0 Å². The van der Waals surface area contributed by atoms with Crippen molar-refractivity contribution in [2.45, 2.75) is 55.1 Å². The zero-order valence-corrected chi connectivity index (χ0v) is 22.6. The monoisotopic (exact) mass is 525 g/mol. The summed E-state index contributed by atoms with van der Waals surface area (Å²) in [6.45, 7) is 11.0.